The van der Waals surface area contributed by atoms with Crippen LogP contribution in [0.4, 0.5) is 5.82 Å². The van der Waals surface area contributed by atoms with Crippen LogP contribution in [0.25, 0.3) is 21.3 Å². The van der Waals surface area contributed by atoms with Gasteiger partial charge in [0.2, 0.25) is 0 Å². The number of nitrogens with zero attached hydrogens (tertiary/aromatic N) is 4. The van der Waals surface area contributed by atoms with Gasteiger partial charge in [0, 0.05) is 50.8 Å². The van der Waals surface area contributed by atoms with Gasteiger partial charge in [-0.05, 0) is 12.5 Å². The molecule has 3 aromatic rings. The Morgan fingerprint density at radius 3 is 2.58 bits per heavy atom. The molecule has 2 aromatic heterocycles. The second-order valence-electron chi connectivity index (χ2n) is 6.71. The molecular weight excluding hydrogens is 344 g/mol. The lowest BCUT2D eigenvalue weighted by atomic mass is 10.0. The third kappa shape index (κ3) is 3.45. The molecule has 1 aliphatic heterocycles. The maximum Gasteiger partial charge on any atom is 0.141 e. The second kappa shape index (κ2) is 7.70. The average molecular weight is 369 g/mol. The van der Waals surface area contributed by atoms with E-state index in [0.717, 1.165) is 50.0 Å². The van der Waals surface area contributed by atoms with E-state index >= 15 is 0 Å². The number of methoxy groups -OCH3 is 1. The number of piperazine rings is 1. The smallest absolute Gasteiger partial charge is 0.141 e. The molecule has 0 bridgehead atoms. The van der Waals surface area contributed by atoms with Gasteiger partial charge in [-0.15, -0.1) is 11.3 Å². The zero-order valence-electron chi connectivity index (χ0n) is 15.3. The molecule has 0 unspecified atom stereocenters. The number of rotatable bonds is 5. The van der Waals surface area contributed by atoms with Gasteiger partial charge in [-0.1, -0.05) is 29.8 Å². The van der Waals surface area contributed by atoms with Crippen molar-refractivity contribution in [3.05, 3.63) is 41.5 Å². The van der Waals surface area contributed by atoms with Gasteiger partial charge in [-0.3, -0.25) is 4.90 Å². The number of hydrogen-bond acceptors (Lipinski definition) is 6. The molecule has 136 valence electrons. The molecule has 0 N–H and O–H groups in total. The third-order valence-electron chi connectivity index (χ3n) is 5.00. The quantitative estimate of drug-likeness (QED) is 0.690. The van der Waals surface area contributed by atoms with Crippen molar-refractivity contribution in [2.24, 2.45) is 0 Å². The molecule has 3 heterocycles. The van der Waals surface area contributed by atoms with Crippen molar-refractivity contribution in [1.82, 2.24) is 14.9 Å². The molecule has 0 radical (unpaired) electrons. The molecule has 26 heavy (non-hydrogen) atoms. The second-order valence-corrected chi connectivity index (χ2v) is 7.57. The number of aromatic nitrogens is 2. The fraction of sp³-hybridized carbons (Fsp3) is 0.400. The maximum absolute atomic E-state index is 5.20. The first-order chi connectivity index (χ1) is 12.8. The Morgan fingerprint density at radius 2 is 1.85 bits per heavy atom. The van der Waals surface area contributed by atoms with Gasteiger partial charge in [-0.2, -0.15) is 0 Å². The summed E-state index contributed by atoms with van der Waals surface area (Å²) in [7, 11) is 1.76. The molecule has 0 atom stereocenters. The standard InChI is InChI=1S/C20H24N4OS/c1-15-3-5-16(6-4-15)17-13-26-20-18(17)19(21-14-22-20)24-9-7-23(8-10-24)11-12-25-2/h3-6,13-14H,7-12H2,1-2H3. The van der Waals surface area contributed by atoms with Gasteiger partial charge >= 0.3 is 0 Å². The van der Waals surface area contributed by atoms with Crippen LogP contribution in [0.2, 0.25) is 0 Å². The van der Waals surface area contributed by atoms with Gasteiger partial charge in [-0.25, -0.2) is 9.97 Å². The molecule has 0 amide bonds. The van der Waals surface area contributed by atoms with Crippen LogP contribution in [0.1, 0.15) is 5.56 Å². The van der Waals surface area contributed by atoms with Crippen LogP contribution >= 0.6 is 11.3 Å². The predicted octanol–water partition coefficient (Wildman–Crippen LogP) is 3.44. The molecule has 6 heteroatoms. The molecule has 5 nitrogen and oxygen atoms in total. The lowest BCUT2D eigenvalue weighted by molar-refractivity contribution is 0.144. The monoisotopic (exact) mass is 368 g/mol. The number of anilines is 1. The SMILES string of the molecule is COCCN1CCN(c2ncnc3scc(-c4ccc(C)cc4)c23)CC1. The number of benzene rings is 1. The largest absolute Gasteiger partial charge is 0.383 e. The fourth-order valence-corrected chi connectivity index (χ4v) is 4.36. The minimum absolute atomic E-state index is 0.792. The van der Waals surface area contributed by atoms with Crippen molar-refractivity contribution in [3.63, 3.8) is 0 Å². The number of hydrogen-bond donors (Lipinski definition) is 0. The normalized spacial score (nSPS) is 15.7. The average Bonchev–Trinajstić information content (AvgIpc) is 3.12. The fourth-order valence-electron chi connectivity index (χ4n) is 3.45. The van der Waals surface area contributed by atoms with Crippen molar-refractivity contribution in [3.8, 4) is 11.1 Å². The Bertz CT molecular complexity index is 869. The van der Waals surface area contributed by atoms with E-state index in [1.165, 1.54) is 22.1 Å². The third-order valence-corrected chi connectivity index (χ3v) is 5.88. The molecular formula is C20H24N4OS. The first-order valence-electron chi connectivity index (χ1n) is 9.02. The number of fused-ring (bicyclic) bond motifs is 1. The Labute approximate surface area is 158 Å². The summed E-state index contributed by atoms with van der Waals surface area (Å²) in [4.78, 5) is 15.1. The van der Waals surface area contributed by atoms with Crippen molar-refractivity contribution in [1.29, 1.82) is 0 Å². The Balaban J connectivity index is 1.64. The zero-order valence-corrected chi connectivity index (χ0v) is 16.1. The van der Waals surface area contributed by atoms with E-state index in [1.54, 1.807) is 24.8 Å². The molecule has 1 aliphatic rings. The van der Waals surface area contributed by atoms with Crippen LogP contribution in [0.3, 0.4) is 0 Å². The van der Waals surface area contributed by atoms with Gasteiger partial charge in [0.1, 0.15) is 17.0 Å². The van der Waals surface area contributed by atoms with Crippen molar-refractivity contribution >= 4 is 27.4 Å². The summed E-state index contributed by atoms with van der Waals surface area (Å²) in [6.45, 7) is 7.96. The number of aryl methyl sites for hydroxylation is 1. The summed E-state index contributed by atoms with van der Waals surface area (Å²) >= 11 is 1.70. The Kier molecular flexibility index (Phi) is 5.15. The van der Waals surface area contributed by atoms with E-state index in [9.17, 15) is 0 Å². The maximum atomic E-state index is 5.20. The van der Waals surface area contributed by atoms with Gasteiger partial charge in [0.25, 0.3) is 0 Å². The van der Waals surface area contributed by atoms with Gasteiger partial charge in [0.05, 0.1) is 12.0 Å². The van der Waals surface area contributed by atoms with Crippen LogP contribution in [0, 0.1) is 6.92 Å². The lowest BCUT2D eigenvalue weighted by Gasteiger charge is -2.35. The molecule has 1 aromatic carbocycles. The van der Waals surface area contributed by atoms with E-state index in [2.05, 4.69) is 56.3 Å². The van der Waals surface area contributed by atoms with E-state index in [4.69, 9.17) is 4.74 Å². The molecule has 1 fully saturated rings. The summed E-state index contributed by atoms with van der Waals surface area (Å²) < 4.78 is 5.20. The number of ether oxygens (including phenoxy) is 1. The Morgan fingerprint density at radius 1 is 1.08 bits per heavy atom. The molecule has 0 saturated carbocycles. The van der Waals surface area contributed by atoms with E-state index in [-0.39, 0.29) is 0 Å². The summed E-state index contributed by atoms with van der Waals surface area (Å²) in [5.74, 6) is 1.07. The van der Waals surface area contributed by atoms with E-state index in [1.807, 2.05) is 0 Å². The van der Waals surface area contributed by atoms with Crippen LogP contribution in [-0.2, 0) is 4.74 Å². The highest BCUT2D eigenvalue weighted by molar-refractivity contribution is 7.17. The lowest BCUT2D eigenvalue weighted by Crippen LogP contribution is -2.47. The Hall–Kier alpha value is -2.02. The predicted molar refractivity (Wildman–Crippen MR) is 108 cm³/mol. The van der Waals surface area contributed by atoms with Crippen LogP contribution in [0.5, 0.6) is 0 Å². The van der Waals surface area contributed by atoms with Crippen molar-refractivity contribution in [2.45, 2.75) is 6.92 Å². The molecule has 0 spiro atoms. The zero-order chi connectivity index (χ0) is 17.9. The minimum atomic E-state index is 0.792. The highest BCUT2D eigenvalue weighted by atomic mass is 32.1. The summed E-state index contributed by atoms with van der Waals surface area (Å²) in [5.41, 5.74) is 3.75. The molecule has 4 rings (SSSR count). The van der Waals surface area contributed by atoms with Crippen LogP contribution in [0.15, 0.2) is 36.0 Å². The highest BCUT2D eigenvalue weighted by Crippen LogP contribution is 2.38. The van der Waals surface area contributed by atoms with E-state index < -0.39 is 0 Å². The van der Waals surface area contributed by atoms with Crippen molar-refractivity contribution < 1.29 is 4.74 Å². The summed E-state index contributed by atoms with van der Waals surface area (Å²) in [5, 5.41) is 3.40. The first-order valence-corrected chi connectivity index (χ1v) is 9.89. The molecule has 0 aliphatic carbocycles. The van der Waals surface area contributed by atoms with Crippen LogP contribution in [-0.4, -0.2) is 61.3 Å². The summed E-state index contributed by atoms with van der Waals surface area (Å²) in [6.07, 6.45) is 1.70. The van der Waals surface area contributed by atoms with E-state index in [0.29, 0.717) is 0 Å². The topological polar surface area (TPSA) is 41.5 Å². The van der Waals surface area contributed by atoms with Crippen molar-refractivity contribution in [2.75, 3.05) is 51.3 Å². The first kappa shape index (κ1) is 17.4. The van der Waals surface area contributed by atoms with Crippen LogP contribution < -0.4 is 4.90 Å². The minimum Gasteiger partial charge on any atom is -0.383 e. The van der Waals surface area contributed by atoms with Gasteiger partial charge in [0.15, 0.2) is 0 Å². The molecule has 1 saturated heterocycles. The highest BCUT2D eigenvalue weighted by Gasteiger charge is 2.22. The van der Waals surface area contributed by atoms with Gasteiger partial charge < -0.3 is 9.64 Å². The summed E-state index contributed by atoms with van der Waals surface area (Å²) in [6, 6.07) is 8.71. The number of thiophene rings is 1.